The molecule has 0 radical (unpaired) electrons. The van der Waals surface area contributed by atoms with Crippen LogP contribution in [-0.2, 0) is 16.6 Å². The number of aliphatic hydroxyl groups is 1. The molecule has 15 nitrogen and oxygen atoms in total. The van der Waals surface area contributed by atoms with Crippen molar-refractivity contribution in [2.24, 2.45) is 11.3 Å². The summed E-state index contributed by atoms with van der Waals surface area (Å²) in [5, 5.41) is 27.5. The number of amides is 1. The number of pyridine rings is 1. The quantitative estimate of drug-likeness (QED) is 0.0564. The number of nitro groups is 1. The Morgan fingerprint density at radius 1 is 0.959 bits per heavy atom. The van der Waals surface area contributed by atoms with Gasteiger partial charge in [0.15, 0.2) is 0 Å². The number of H-pyrrole nitrogens is 1. The second-order valence-corrected chi connectivity index (χ2v) is 24.2. The van der Waals surface area contributed by atoms with E-state index >= 15 is 0 Å². The number of sulfonamides is 1. The second-order valence-electron chi connectivity index (χ2n) is 21.6. The standard InChI is InChI=1S/C56H64Cl2N8O7S/c1-36(2)44-6-4-5-7-45(44)51-35-63(34-38-8-10-39(57)11-9-38)24-25-65(51)41-29-56(30-41)20-22-64(23-21-56)40-12-14-46(52(26-40)73-42-27-47-48(58)33-61-53(47)60-32-42)54(67)62-74(71,72)43-13-15-49(50(28-43)66(69)70)59-31-37-16-18-55(3,68)19-17-37/h4-15,26-28,32-33,36-37,41,51,59,68H,16-25,29-31,34-35H2,1-3H3,(H,60,61)(H,62,67)/t37-,51-,55-/m0/s1. The van der Waals surface area contributed by atoms with Crippen LogP contribution in [-0.4, -0.2) is 95.0 Å². The number of benzene rings is 4. The maximum Gasteiger partial charge on any atom is 0.293 e. The monoisotopic (exact) mass is 1060 g/mol. The molecule has 2 aliphatic carbocycles. The van der Waals surface area contributed by atoms with E-state index in [4.69, 9.17) is 27.9 Å². The number of hydrogen-bond acceptors (Lipinski definition) is 12. The lowest BCUT2D eigenvalue weighted by atomic mass is 9.59. The van der Waals surface area contributed by atoms with Crippen molar-refractivity contribution >= 4 is 67.2 Å². The molecule has 6 aromatic rings. The first-order valence-corrected chi connectivity index (χ1v) is 28.0. The third-order valence-electron chi connectivity index (χ3n) is 16.2. The highest BCUT2D eigenvalue weighted by molar-refractivity contribution is 7.90. The lowest BCUT2D eigenvalue weighted by Gasteiger charge is -2.58. The average molecular weight is 1060 g/mol. The predicted molar refractivity (Wildman–Crippen MR) is 290 cm³/mol. The first-order chi connectivity index (χ1) is 35.4. The number of piperazine rings is 1. The first kappa shape index (κ1) is 51.7. The molecule has 2 saturated heterocycles. The molecular weight excluding hydrogens is 1000 g/mol. The van der Waals surface area contributed by atoms with E-state index in [0.29, 0.717) is 47.4 Å². The topological polar surface area (TPSA) is 186 Å². The number of nitrogens with one attached hydrogen (secondary N) is 3. The minimum Gasteiger partial charge on any atom is -0.455 e. The Morgan fingerprint density at radius 3 is 2.43 bits per heavy atom. The summed E-state index contributed by atoms with van der Waals surface area (Å²) in [6, 6.07) is 28.3. The summed E-state index contributed by atoms with van der Waals surface area (Å²) in [6.07, 6.45) is 10.1. The summed E-state index contributed by atoms with van der Waals surface area (Å²) in [4.78, 5) is 40.4. The molecule has 4 aliphatic rings. The number of piperidine rings is 1. The number of rotatable bonds is 15. The molecule has 4 heterocycles. The number of aromatic nitrogens is 2. The molecule has 4 N–H and O–H groups in total. The van der Waals surface area contributed by atoms with Crippen LogP contribution in [0.3, 0.4) is 0 Å². The van der Waals surface area contributed by atoms with Gasteiger partial charge in [-0.15, -0.1) is 0 Å². The van der Waals surface area contributed by atoms with Crippen molar-refractivity contribution in [2.45, 2.75) is 107 Å². The number of ether oxygens (including phenoxy) is 1. The van der Waals surface area contributed by atoms with Crippen molar-refractivity contribution in [1.82, 2.24) is 24.5 Å². The maximum atomic E-state index is 14.1. The van der Waals surface area contributed by atoms with Crippen molar-refractivity contribution < 1.29 is 28.0 Å². The molecule has 10 rings (SSSR count). The summed E-state index contributed by atoms with van der Waals surface area (Å²) in [5.74, 6) is 0.00943. The molecule has 0 unspecified atom stereocenters. The molecule has 4 fully saturated rings. The molecule has 1 spiro atoms. The zero-order valence-electron chi connectivity index (χ0n) is 42.0. The third-order valence-corrected chi connectivity index (χ3v) is 18.1. The number of carbonyl (C=O) groups is 1. The van der Waals surface area contributed by atoms with Gasteiger partial charge in [0.2, 0.25) is 0 Å². The summed E-state index contributed by atoms with van der Waals surface area (Å²) in [5.41, 5.74) is 4.62. The van der Waals surface area contributed by atoms with Gasteiger partial charge in [-0.05, 0) is 135 Å². The molecular formula is C56H64Cl2N8O7S. The summed E-state index contributed by atoms with van der Waals surface area (Å²) < 4.78 is 36.3. The van der Waals surface area contributed by atoms with Gasteiger partial charge in [0.25, 0.3) is 21.6 Å². The van der Waals surface area contributed by atoms with Gasteiger partial charge >= 0.3 is 0 Å². The Kier molecular flexibility index (Phi) is 14.8. The van der Waals surface area contributed by atoms with Crippen molar-refractivity contribution in [2.75, 3.05) is 49.5 Å². The van der Waals surface area contributed by atoms with Gasteiger partial charge in [0.05, 0.1) is 32.2 Å². The number of hydrogen-bond donors (Lipinski definition) is 4. The van der Waals surface area contributed by atoms with Gasteiger partial charge in [0, 0.05) is 92.3 Å². The molecule has 74 heavy (non-hydrogen) atoms. The van der Waals surface area contributed by atoms with E-state index < -0.39 is 37.0 Å². The molecule has 4 aromatic carbocycles. The Labute approximate surface area is 442 Å². The summed E-state index contributed by atoms with van der Waals surface area (Å²) in [6.45, 7) is 12.2. The zero-order chi connectivity index (χ0) is 51.9. The number of fused-ring (bicyclic) bond motifs is 1. The van der Waals surface area contributed by atoms with E-state index in [1.165, 1.54) is 35.0 Å². The fourth-order valence-electron chi connectivity index (χ4n) is 11.8. The van der Waals surface area contributed by atoms with Crippen LogP contribution in [0, 0.1) is 21.4 Å². The maximum absolute atomic E-state index is 14.1. The van der Waals surface area contributed by atoms with E-state index in [2.05, 4.69) is 85.0 Å². The number of carbonyl (C=O) groups excluding carboxylic acids is 1. The molecule has 390 valence electrons. The zero-order valence-corrected chi connectivity index (χ0v) is 44.4. The largest absolute Gasteiger partial charge is 0.455 e. The van der Waals surface area contributed by atoms with Crippen LogP contribution in [0.4, 0.5) is 17.1 Å². The van der Waals surface area contributed by atoms with E-state index in [-0.39, 0.29) is 40.1 Å². The molecule has 18 heteroatoms. The molecule has 1 atom stereocenters. The highest BCUT2D eigenvalue weighted by Gasteiger charge is 2.50. The fraction of sp³-hybridized carbons (Fsp3) is 0.429. The fourth-order valence-corrected chi connectivity index (χ4v) is 13.1. The van der Waals surface area contributed by atoms with E-state index in [1.807, 2.05) is 19.1 Å². The van der Waals surface area contributed by atoms with Gasteiger partial charge in [0.1, 0.15) is 22.8 Å². The summed E-state index contributed by atoms with van der Waals surface area (Å²) in [7, 11) is -4.61. The van der Waals surface area contributed by atoms with Crippen LogP contribution >= 0.6 is 23.2 Å². The minimum absolute atomic E-state index is 0.0611. The van der Waals surface area contributed by atoms with E-state index in [9.17, 15) is 28.4 Å². The van der Waals surface area contributed by atoms with Gasteiger partial charge in [-0.3, -0.25) is 24.7 Å². The average Bonchev–Trinajstić information content (AvgIpc) is 3.75. The third kappa shape index (κ3) is 11.3. The highest BCUT2D eigenvalue weighted by Crippen LogP contribution is 2.53. The lowest BCUT2D eigenvalue weighted by Crippen LogP contribution is -2.60. The molecule has 2 saturated carbocycles. The SMILES string of the molecule is CC(C)c1ccccc1[C@@H]1CN(Cc2ccc(Cl)cc2)CCN1C1CC2(CCN(c3ccc(C(=O)NS(=O)(=O)c4ccc(NC[C@H]5CC[C@](C)(O)CC5)c([N+](=O)[O-])c4)c(Oc4cnc5[nH]cc(Cl)c5c4)c3)CC2)C1. The van der Waals surface area contributed by atoms with Crippen molar-refractivity contribution in [3.05, 3.63) is 146 Å². The molecule has 2 aliphatic heterocycles. The Morgan fingerprint density at radius 2 is 1.70 bits per heavy atom. The normalized spacial score (nSPS) is 21.7. The Hall–Kier alpha value is -5.75. The second kappa shape index (κ2) is 21.1. The number of nitro benzene ring substituents is 1. The Balaban J connectivity index is 0.840. The summed E-state index contributed by atoms with van der Waals surface area (Å²) >= 11 is 12.7. The van der Waals surface area contributed by atoms with Crippen LogP contribution in [0.1, 0.15) is 111 Å². The van der Waals surface area contributed by atoms with Crippen molar-refractivity contribution in [1.29, 1.82) is 0 Å². The van der Waals surface area contributed by atoms with Gasteiger partial charge < -0.3 is 25.0 Å². The van der Waals surface area contributed by atoms with Crippen LogP contribution in [0.5, 0.6) is 11.5 Å². The van der Waals surface area contributed by atoms with E-state index in [1.54, 1.807) is 30.5 Å². The van der Waals surface area contributed by atoms with Gasteiger partial charge in [-0.1, -0.05) is 73.4 Å². The van der Waals surface area contributed by atoms with Gasteiger partial charge in [-0.2, -0.15) is 0 Å². The number of aromatic amines is 1. The van der Waals surface area contributed by atoms with Crippen LogP contribution in [0.15, 0.2) is 108 Å². The smallest absolute Gasteiger partial charge is 0.293 e. The van der Waals surface area contributed by atoms with Crippen LogP contribution in [0.2, 0.25) is 10.0 Å². The lowest BCUT2D eigenvalue weighted by molar-refractivity contribution is -0.384. The molecule has 2 aromatic heterocycles. The first-order valence-electron chi connectivity index (χ1n) is 25.7. The number of nitrogens with zero attached hydrogens (tertiary/aromatic N) is 5. The van der Waals surface area contributed by atoms with Gasteiger partial charge in [-0.25, -0.2) is 18.1 Å². The van der Waals surface area contributed by atoms with Crippen molar-refractivity contribution in [3.8, 4) is 11.5 Å². The minimum atomic E-state index is -4.61. The number of halogens is 2. The highest BCUT2D eigenvalue weighted by atomic mass is 35.5. The molecule has 0 bridgehead atoms. The van der Waals surface area contributed by atoms with Crippen molar-refractivity contribution in [3.63, 3.8) is 0 Å². The molecule has 1 amide bonds. The number of anilines is 2. The van der Waals surface area contributed by atoms with Crippen LogP contribution < -0.4 is 19.7 Å². The van der Waals surface area contributed by atoms with Crippen LogP contribution in [0.25, 0.3) is 11.0 Å². The Bertz CT molecular complexity index is 3140. The predicted octanol–water partition coefficient (Wildman–Crippen LogP) is 11.5. The van der Waals surface area contributed by atoms with E-state index in [0.717, 1.165) is 94.6 Å².